The number of methoxy groups -OCH3 is 2. The Morgan fingerprint density at radius 3 is 1.33 bits per heavy atom. The molecular weight excluding hydrogens is 484 g/mol. The standard InChI is InChI=1S/C35H52O4/c1-5-7-9-11-13-18-26-38-32-24-22-30(28-34(32)36-3)20-16-15-17-21-31-23-25-33(35(29-31)37-4)39-27-19-14-12-10-8-6-2/h16-17,20-25,28-29H,5-15,18-19,26-27H2,1-4H3. The van der Waals surface area contributed by atoms with Gasteiger partial charge in [0.1, 0.15) is 0 Å². The molecule has 0 aliphatic carbocycles. The van der Waals surface area contributed by atoms with Gasteiger partial charge in [-0.2, -0.15) is 0 Å². The van der Waals surface area contributed by atoms with Gasteiger partial charge in [-0.1, -0.05) is 114 Å². The minimum absolute atomic E-state index is 0.736. The topological polar surface area (TPSA) is 36.9 Å². The van der Waals surface area contributed by atoms with Crippen LogP contribution in [0.5, 0.6) is 23.0 Å². The molecule has 2 aromatic rings. The highest BCUT2D eigenvalue weighted by Crippen LogP contribution is 2.30. The Bertz CT molecular complexity index is 886. The average Bonchev–Trinajstić information content (AvgIpc) is 2.96. The Morgan fingerprint density at radius 2 is 0.923 bits per heavy atom. The molecule has 0 saturated carbocycles. The van der Waals surface area contributed by atoms with Gasteiger partial charge in [0.2, 0.25) is 0 Å². The lowest BCUT2D eigenvalue weighted by Gasteiger charge is -2.11. The maximum atomic E-state index is 5.97. The Hall–Kier alpha value is -2.88. The summed E-state index contributed by atoms with van der Waals surface area (Å²) in [7, 11) is 3.39. The molecule has 0 N–H and O–H groups in total. The third-order valence-corrected chi connectivity index (χ3v) is 6.78. The molecule has 0 heterocycles. The molecule has 4 nitrogen and oxygen atoms in total. The van der Waals surface area contributed by atoms with Gasteiger partial charge in [0.15, 0.2) is 23.0 Å². The Balaban J connectivity index is 1.77. The smallest absolute Gasteiger partial charge is 0.161 e. The number of hydrogen-bond acceptors (Lipinski definition) is 4. The third kappa shape index (κ3) is 13.7. The number of ether oxygens (including phenoxy) is 4. The summed E-state index contributed by atoms with van der Waals surface area (Å²) in [5.74, 6) is 3.20. The van der Waals surface area contributed by atoms with Gasteiger partial charge in [0, 0.05) is 0 Å². The van der Waals surface area contributed by atoms with Crippen LogP contribution in [0.4, 0.5) is 0 Å². The van der Waals surface area contributed by atoms with E-state index in [1.807, 2.05) is 24.3 Å². The van der Waals surface area contributed by atoms with E-state index in [-0.39, 0.29) is 0 Å². The van der Waals surface area contributed by atoms with Crippen molar-refractivity contribution in [3.05, 3.63) is 59.7 Å². The van der Waals surface area contributed by atoms with E-state index in [2.05, 4.69) is 50.3 Å². The van der Waals surface area contributed by atoms with Crippen LogP contribution in [0.2, 0.25) is 0 Å². The lowest BCUT2D eigenvalue weighted by Crippen LogP contribution is -1.99. The Kier molecular flexibility index (Phi) is 17.4. The van der Waals surface area contributed by atoms with Crippen LogP contribution in [0, 0.1) is 0 Å². The summed E-state index contributed by atoms with van der Waals surface area (Å²) in [6, 6.07) is 12.2. The second kappa shape index (κ2) is 21.0. The summed E-state index contributed by atoms with van der Waals surface area (Å²) < 4.78 is 23.1. The Labute approximate surface area is 238 Å². The van der Waals surface area contributed by atoms with Crippen LogP contribution in [0.1, 0.15) is 108 Å². The first-order chi connectivity index (χ1) is 19.2. The minimum atomic E-state index is 0.736. The fourth-order valence-corrected chi connectivity index (χ4v) is 4.43. The van der Waals surface area contributed by atoms with Crippen LogP contribution in [0.15, 0.2) is 48.6 Å². The van der Waals surface area contributed by atoms with E-state index in [0.717, 1.165) is 66.6 Å². The third-order valence-electron chi connectivity index (χ3n) is 6.78. The van der Waals surface area contributed by atoms with Crippen molar-refractivity contribution in [1.82, 2.24) is 0 Å². The van der Waals surface area contributed by atoms with E-state index in [1.54, 1.807) is 14.2 Å². The molecule has 0 aromatic heterocycles. The van der Waals surface area contributed by atoms with Crippen molar-refractivity contribution in [2.75, 3.05) is 27.4 Å². The predicted octanol–water partition coefficient (Wildman–Crippen LogP) is 10.3. The van der Waals surface area contributed by atoms with Gasteiger partial charge in [-0.15, -0.1) is 0 Å². The van der Waals surface area contributed by atoms with Crippen molar-refractivity contribution in [2.45, 2.75) is 97.3 Å². The zero-order valence-corrected chi connectivity index (χ0v) is 25.0. The molecule has 0 aliphatic heterocycles. The number of hydrogen-bond donors (Lipinski definition) is 0. The van der Waals surface area contributed by atoms with Crippen molar-refractivity contribution in [3.8, 4) is 23.0 Å². The SMILES string of the molecule is CCCCCCCCOc1ccc(C=CCC=Cc2ccc(OCCCCCCCC)c(OC)c2)cc1OC. The molecule has 4 heteroatoms. The molecule has 0 spiro atoms. The first kappa shape index (κ1) is 32.3. The zero-order chi connectivity index (χ0) is 28.0. The molecule has 0 bridgehead atoms. The summed E-state index contributed by atoms with van der Waals surface area (Å²) >= 11 is 0. The average molecular weight is 537 g/mol. The van der Waals surface area contributed by atoms with Crippen LogP contribution in [-0.4, -0.2) is 27.4 Å². The molecule has 0 unspecified atom stereocenters. The molecule has 2 rings (SSSR count). The van der Waals surface area contributed by atoms with Gasteiger partial charge in [0.25, 0.3) is 0 Å². The summed E-state index contributed by atoms with van der Waals surface area (Å²) in [4.78, 5) is 0. The highest BCUT2D eigenvalue weighted by molar-refractivity contribution is 5.58. The largest absolute Gasteiger partial charge is 0.493 e. The summed E-state index contributed by atoms with van der Waals surface area (Å²) in [5.41, 5.74) is 2.20. The molecule has 0 saturated heterocycles. The monoisotopic (exact) mass is 536 g/mol. The number of benzene rings is 2. The van der Waals surface area contributed by atoms with Gasteiger partial charge in [0.05, 0.1) is 27.4 Å². The first-order valence-electron chi connectivity index (χ1n) is 15.2. The first-order valence-corrected chi connectivity index (χ1v) is 15.2. The van der Waals surface area contributed by atoms with Gasteiger partial charge in [-0.05, 0) is 54.7 Å². The summed E-state index contributed by atoms with van der Waals surface area (Å²) in [6.45, 7) is 5.96. The van der Waals surface area contributed by atoms with E-state index in [4.69, 9.17) is 18.9 Å². The summed E-state index contributed by atoms with van der Waals surface area (Å²) in [5, 5.41) is 0. The van der Waals surface area contributed by atoms with Crippen LogP contribution >= 0.6 is 0 Å². The van der Waals surface area contributed by atoms with E-state index in [1.165, 1.54) is 64.2 Å². The lowest BCUT2D eigenvalue weighted by atomic mass is 10.1. The van der Waals surface area contributed by atoms with E-state index in [0.29, 0.717) is 0 Å². The zero-order valence-electron chi connectivity index (χ0n) is 25.0. The maximum Gasteiger partial charge on any atom is 0.161 e. The molecular formula is C35H52O4. The van der Waals surface area contributed by atoms with Crippen molar-refractivity contribution < 1.29 is 18.9 Å². The molecule has 2 aromatic carbocycles. The molecule has 0 amide bonds. The number of unbranched alkanes of at least 4 members (excludes halogenated alkanes) is 10. The molecule has 0 radical (unpaired) electrons. The van der Waals surface area contributed by atoms with Crippen LogP contribution < -0.4 is 18.9 Å². The molecule has 39 heavy (non-hydrogen) atoms. The van der Waals surface area contributed by atoms with E-state index < -0.39 is 0 Å². The van der Waals surface area contributed by atoms with Crippen LogP contribution in [0.3, 0.4) is 0 Å². The fourth-order valence-electron chi connectivity index (χ4n) is 4.43. The van der Waals surface area contributed by atoms with Gasteiger partial charge >= 0.3 is 0 Å². The highest BCUT2D eigenvalue weighted by atomic mass is 16.5. The summed E-state index contributed by atoms with van der Waals surface area (Å²) in [6.07, 6.45) is 24.4. The van der Waals surface area contributed by atoms with E-state index >= 15 is 0 Å². The lowest BCUT2D eigenvalue weighted by molar-refractivity contribution is 0.284. The normalized spacial score (nSPS) is 11.4. The molecule has 0 aliphatic rings. The fraction of sp³-hybridized carbons (Fsp3) is 0.543. The van der Waals surface area contributed by atoms with Gasteiger partial charge in [-0.3, -0.25) is 0 Å². The van der Waals surface area contributed by atoms with Crippen molar-refractivity contribution in [1.29, 1.82) is 0 Å². The predicted molar refractivity (Wildman–Crippen MR) is 166 cm³/mol. The maximum absolute atomic E-state index is 5.97. The minimum Gasteiger partial charge on any atom is -0.493 e. The van der Waals surface area contributed by atoms with Crippen molar-refractivity contribution >= 4 is 12.2 Å². The van der Waals surface area contributed by atoms with Gasteiger partial charge in [-0.25, -0.2) is 0 Å². The number of rotatable bonds is 22. The van der Waals surface area contributed by atoms with Crippen molar-refractivity contribution in [2.24, 2.45) is 0 Å². The van der Waals surface area contributed by atoms with Gasteiger partial charge < -0.3 is 18.9 Å². The van der Waals surface area contributed by atoms with E-state index in [9.17, 15) is 0 Å². The number of allylic oxidation sites excluding steroid dienone is 2. The van der Waals surface area contributed by atoms with Crippen LogP contribution in [-0.2, 0) is 0 Å². The second-order valence-electron chi connectivity index (χ2n) is 10.1. The molecule has 216 valence electrons. The van der Waals surface area contributed by atoms with Crippen LogP contribution in [0.25, 0.3) is 12.2 Å². The molecule has 0 fully saturated rings. The van der Waals surface area contributed by atoms with Crippen molar-refractivity contribution in [3.63, 3.8) is 0 Å². The Morgan fingerprint density at radius 1 is 0.513 bits per heavy atom. The second-order valence-corrected chi connectivity index (χ2v) is 10.1. The highest BCUT2D eigenvalue weighted by Gasteiger charge is 2.06. The quantitative estimate of drug-likeness (QED) is 0.140. The molecule has 0 atom stereocenters.